The van der Waals surface area contributed by atoms with Crippen molar-refractivity contribution in [3.8, 4) is 0 Å². The molecule has 1 heterocycles. The van der Waals surface area contributed by atoms with E-state index < -0.39 is 27.5 Å². The molecule has 1 unspecified atom stereocenters. The Kier molecular flexibility index (Phi) is 4.50. The molecule has 0 aromatic rings. The third-order valence-electron chi connectivity index (χ3n) is 2.72. The highest BCUT2D eigenvalue weighted by atomic mass is 32.2. The molecule has 1 amide bonds. The number of piperidine rings is 1. The minimum Gasteiger partial charge on any atom is -0.481 e. The van der Waals surface area contributed by atoms with Crippen LogP contribution in [0.4, 0.5) is 0 Å². The van der Waals surface area contributed by atoms with Gasteiger partial charge >= 0.3 is 5.97 Å². The predicted octanol–water partition coefficient (Wildman–Crippen LogP) is -0.256. The minimum atomic E-state index is -3.32. The van der Waals surface area contributed by atoms with Crippen LogP contribution in [0.3, 0.4) is 0 Å². The van der Waals surface area contributed by atoms with Crippen molar-refractivity contribution in [1.29, 1.82) is 0 Å². The first-order valence-corrected chi connectivity index (χ1v) is 7.51. The molecule has 1 atom stereocenters. The average Bonchev–Trinajstić information content (AvgIpc) is 2.14. The van der Waals surface area contributed by atoms with Gasteiger partial charge in [-0.15, -0.1) is 0 Å². The zero-order valence-corrected chi connectivity index (χ0v) is 10.6. The van der Waals surface area contributed by atoms with Gasteiger partial charge in [-0.05, 0) is 18.8 Å². The van der Waals surface area contributed by atoms with Crippen LogP contribution in [0, 0.1) is 5.92 Å². The summed E-state index contributed by atoms with van der Waals surface area (Å²) in [5.74, 6) is -1.87. The van der Waals surface area contributed by atoms with E-state index in [0.717, 1.165) is 19.1 Å². The number of carboxylic acid groups (broad SMARTS) is 1. The van der Waals surface area contributed by atoms with Crippen LogP contribution in [0.5, 0.6) is 0 Å². The fourth-order valence-electron chi connectivity index (χ4n) is 2.02. The number of nitrogens with zero attached hydrogens (tertiary/aromatic N) is 1. The van der Waals surface area contributed by atoms with Crippen molar-refractivity contribution >= 4 is 21.7 Å². The second kappa shape index (κ2) is 5.48. The standard InChI is InChI=1S/C10H17NO5S/c1-17(15,16)7-9(12)11-4-2-3-8(6-11)5-10(13)14/h8H,2-7H2,1H3,(H,13,14). The maximum atomic E-state index is 11.6. The first-order valence-electron chi connectivity index (χ1n) is 5.45. The van der Waals surface area contributed by atoms with E-state index in [2.05, 4.69) is 0 Å². The summed E-state index contributed by atoms with van der Waals surface area (Å²) in [6.45, 7) is 0.866. The lowest BCUT2D eigenvalue weighted by atomic mass is 9.95. The molecular weight excluding hydrogens is 246 g/mol. The van der Waals surface area contributed by atoms with Crippen LogP contribution in [-0.4, -0.2) is 55.4 Å². The molecular formula is C10H17NO5S. The Labute approximate surface area is 101 Å². The van der Waals surface area contributed by atoms with Crippen molar-refractivity contribution in [2.45, 2.75) is 19.3 Å². The number of hydrogen-bond donors (Lipinski definition) is 1. The normalized spacial score (nSPS) is 21.2. The summed E-state index contributed by atoms with van der Waals surface area (Å²) in [4.78, 5) is 23.7. The third kappa shape index (κ3) is 5.16. The van der Waals surface area contributed by atoms with Gasteiger partial charge < -0.3 is 10.0 Å². The van der Waals surface area contributed by atoms with Crippen LogP contribution in [0.2, 0.25) is 0 Å². The van der Waals surface area contributed by atoms with Gasteiger partial charge in [0.15, 0.2) is 9.84 Å². The Morgan fingerprint density at radius 3 is 2.59 bits per heavy atom. The second-order valence-electron chi connectivity index (χ2n) is 4.52. The largest absolute Gasteiger partial charge is 0.481 e. The predicted molar refractivity (Wildman–Crippen MR) is 61.3 cm³/mol. The second-order valence-corrected chi connectivity index (χ2v) is 6.66. The van der Waals surface area contributed by atoms with Crippen molar-refractivity contribution in [3.63, 3.8) is 0 Å². The zero-order chi connectivity index (χ0) is 13.1. The molecule has 0 saturated carbocycles. The summed E-state index contributed by atoms with van der Waals surface area (Å²) < 4.78 is 22.0. The van der Waals surface area contributed by atoms with E-state index in [-0.39, 0.29) is 12.3 Å². The molecule has 98 valence electrons. The van der Waals surface area contributed by atoms with E-state index in [1.54, 1.807) is 0 Å². The van der Waals surface area contributed by atoms with E-state index >= 15 is 0 Å². The summed E-state index contributed by atoms with van der Waals surface area (Å²) in [5, 5.41) is 8.68. The van der Waals surface area contributed by atoms with Crippen molar-refractivity contribution in [2.75, 3.05) is 25.1 Å². The number of hydrogen-bond acceptors (Lipinski definition) is 4. The summed E-state index contributed by atoms with van der Waals surface area (Å²) in [6.07, 6.45) is 2.55. The van der Waals surface area contributed by atoms with Crippen LogP contribution in [0.15, 0.2) is 0 Å². The quantitative estimate of drug-likeness (QED) is 0.754. The fourth-order valence-corrected chi connectivity index (χ4v) is 2.65. The Bertz CT molecular complexity index is 403. The SMILES string of the molecule is CS(=O)(=O)CC(=O)N1CCCC(CC(=O)O)C1. The highest BCUT2D eigenvalue weighted by molar-refractivity contribution is 7.91. The van der Waals surface area contributed by atoms with E-state index in [0.29, 0.717) is 13.1 Å². The third-order valence-corrected chi connectivity index (χ3v) is 3.49. The van der Waals surface area contributed by atoms with Gasteiger partial charge in [0, 0.05) is 25.8 Å². The minimum absolute atomic E-state index is 0.0304. The molecule has 1 aliphatic rings. The maximum absolute atomic E-state index is 11.6. The molecule has 1 aliphatic heterocycles. The molecule has 0 aliphatic carbocycles. The van der Waals surface area contributed by atoms with Gasteiger partial charge in [0.1, 0.15) is 5.75 Å². The van der Waals surface area contributed by atoms with Crippen LogP contribution >= 0.6 is 0 Å². The Balaban J connectivity index is 2.54. The molecule has 0 spiro atoms. The Hall–Kier alpha value is -1.11. The van der Waals surface area contributed by atoms with E-state index in [4.69, 9.17) is 5.11 Å². The molecule has 1 fully saturated rings. The van der Waals surface area contributed by atoms with Crippen LogP contribution in [0.25, 0.3) is 0 Å². The topological polar surface area (TPSA) is 91.8 Å². The van der Waals surface area contributed by atoms with Crippen molar-refractivity contribution in [3.05, 3.63) is 0 Å². The number of likely N-dealkylation sites (tertiary alicyclic amines) is 1. The first-order chi connectivity index (χ1) is 7.78. The summed E-state index contributed by atoms with van der Waals surface area (Å²) in [7, 11) is -3.32. The van der Waals surface area contributed by atoms with Crippen LogP contribution in [-0.2, 0) is 19.4 Å². The number of carbonyl (C=O) groups excluding carboxylic acids is 1. The number of aliphatic carboxylic acids is 1. The zero-order valence-electron chi connectivity index (χ0n) is 9.76. The molecule has 7 heteroatoms. The smallest absolute Gasteiger partial charge is 0.303 e. The lowest BCUT2D eigenvalue weighted by molar-refractivity contribution is -0.140. The lowest BCUT2D eigenvalue weighted by Gasteiger charge is -2.31. The molecule has 0 aromatic carbocycles. The Morgan fingerprint density at radius 1 is 1.41 bits per heavy atom. The fraction of sp³-hybridized carbons (Fsp3) is 0.800. The lowest BCUT2D eigenvalue weighted by Crippen LogP contribution is -2.43. The molecule has 1 rings (SSSR count). The van der Waals surface area contributed by atoms with Crippen molar-refractivity contribution in [2.24, 2.45) is 5.92 Å². The van der Waals surface area contributed by atoms with Crippen molar-refractivity contribution < 1.29 is 23.1 Å². The van der Waals surface area contributed by atoms with Gasteiger partial charge in [-0.3, -0.25) is 9.59 Å². The van der Waals surface area contributed by atoms with Gasteiger partial charge in [0.25, 0.3) is 0 Å². The van der Waals surface area contributed by atoms with Crippen LogP contribution < -0.4 is 0 Å². The number of sulfone groups is 1. The van der Waals surface area contributed by atoms with E-state index in [1.807, 2.05) is 0 Å². The molecule has 0 aromatic heterocycles. The van der Waals surface area contributed by atoms with Gasteiger partial charge in [-0.2, -0.15) is 0 Å². The Morgan fingerprint density at radius 2 is 2.06 bits per heavy atom. The monoisotopic (exact) mass is 263 g/mol. The van der Waals surface area contributed by atoms with Gasteiger partial charge in [-0.1, -0.05) is 0 Å². The van der Waals surface area contributed by atoms with Crippen molar-refractivity contribution in [1.82, 2.24) is 4.90 Å². The molecule has 1 saturated heterocycles. The highest BCUT2D eigenvalue weighted by Crippen LogP contribution is 2.19. The maximum Gasteiger partial charge on any atom is 0.303 e. The number of rotatable bonds is 4. The first kappa shape index (κ1) is 14.0. The summed E-state index contributed by atoms with van der Waals surface area (Å²) >= 11 is 0. The van der Waals surface area contributed by atoms with E-state index in [9.17, 15) is 18.0 Å². The number of carbonyl (C=O) groups is 2. The average molecular weight is 263 g/mol. The van der Waals surface area contributed by atoms with E-state index in [1.165, 1.54) is 4.90 Å². The van der Waals surface area contributed by atoms with Gasteiger partial charge in [0.2, 0.25) is 5.91 Å². The number of amides is 1. The molecule has 0 radical (unpaired) electrons. The van der Waals surface area contributed by atoms with Gasteiger partial charge in [-0.25, -0.2) is 8.42 Å². The summed E-state index contributed by atoms with van der Waals surface area (Å²) in [6, 6.07) is 0. The van der Waals surface area contributed by atoms with Gasteiger partial charge in [0.05, 0.1) is 0 Å². The summed E-state index contributed by atoms with van der Waals surface area (Å²) in [5.41, 5.74) is 0. The number of carboxylic acids is 1. The molecule has 0 bridgehead atoms. The van der Waals surface area contributed by atoms with Crippen LogP contribution in [0.1, 0.15) is 19.3 Å². The highest BCUT2D eigenvalue weighted by Gasteiger charge is 2.26. The molecule has 17 heavy (non-hydrogen) atoms. The molecule has 6 nitrogen and oxygen atoms in total. The molecule has 1 N–H and O–H groups in total.